The molecule has 1 atom stereocenters. The van der Waals surface area contributed by atoms with Crippen molar-refractivity contribution in [3.05, 3.63) is 47.9 Å². The van der Waals surface area contributed by atoms with Crippen molar-refractivity contribution in [2.75, 3.05) is 0 Å². The molecule has 0 radical (unpaired) electrons. The maximum absolute atomic E-state index is 12.2. The Bertz CT molecular complexity index is 496. The molecule has 1 aliphatic rings. The van der Waals surface area contributed by atoms with Crippen LogP contribution in [0.5, 0.6) is 0 Å². The molecule has 1 amide bonds. The summed E-state index contributed by atoms with van der Waals surface area (Å²) in [5.74, 6) is -0.0522. The predicted molar refractivity (Wildman–Crippen MR) is 75.5 cm³/mol. The third kappa shape index (κ3) is 3.26. The van der Waals surface area contributed by atoms with Crippen molar-refractivity contribution >= 4 is 12.2 Å². The van der Waals surface area contributed by atoms with Gasteiger partial charge in [0.15, 0.2) is 6.29 Å². The molecule has 106 valence electrons. The van der Waals surface area contributed by atoms with Gasteiger partial charge in [0.05, 0.1) is 5.70 Å². The van der Waals surface area contributed by atoms with Gasteiger partial charge >= 0.3 is 0 Å². The van der Waals surface area contributed by atoms with Crippen LogP contribution in [0.2, 0.25) is 0 Å². The molecule has 1 aromatic carbocycles. The molecule has 0 bridgehead atoms. The van der Waals surface area contributed by atoms with Gasteiger partial charge in [-0.3, -0.25) is 14.5 Å². The minimum absolute atomic E-state index is 0.0522. The molecule has 1 aliphatic heterocycles. The first-order valence-corrected chi connectivity index (χ1v) is 6.92. The van der Waals surface area contributed by atoms with Crippen molar-refractivity contribution in [2.45, 2.75) is 38.8 Å². The Kier molecular flexibility index (Phi) is 4.93. The highest BCUT2D eigenvalue weighted by atomic mass is 16.5. The monoisotopic (exact) mass is 273 g/mol. The standard InChI is InChI=1S/C16H19NO3/c1-2-3-9-15(19)17-14(12-20-16(17)11-18)10-13-7-5-4-6-8-13/h4-8,11-12,16H,2-3,9-10H2,1H3/t16-/m0/s1. The molecule has 0 saturated heterocycles. The highest BCUT2D eigenvalue weighted by molar-refractivity contribution is 5.81. The van der Waals surface area contributed by atoms with Crippen molar-refractivity contribution in [1.82, 2.24) is 4.90 Å². The number of amides is 1. The topological polar surface area (TPSA) is 46.6 Å². The van der Waals surface area contributed by atoms with Gasteiger partial charge < -0.3 is 4.74 Å². The molecular weight excluding hydrogens is 254 g/mol. The van der Waals surface area contributed by atoms with Crippen LogP contribution in [0.3, 0.4) is 0 Å². The molecule has 0 aliphatic carbocycles. The van der Waals surface area contributed by atoms with Crippen molar-refractivity contribution in [1.29, 1.82) is 0 Å². The summed E-state index contributed by atoms with van der Waals surface area (Å²) >= 11 is 0. The Labute approximate surface area is 119 Å². The van der Waals surface area contributed by atoms with Crippen LogP contribution >= 0.6 is 0 Å². The van der Waals surface area contributed by atoms with Gasteiger partial charge in [-0.1, -0.05) is 43.7 Å². The maximum atomic E-state index is 12.2. The summed E-state index contributed by atoms with van der Waals surface area (Å²) in [6, 6.07) is 9.83. The number of hydrogen-bond acceptors (Lipinski definition) is 3. The van der Waals surface area contributed by atoms with E-state index in [0.29, 0.717) is 19.1 Å². The number of hydrogen-bond donors (Lipinski definition) is 0. The van der Waals surface area contributed by atoms with E-state index in [0.717, 1.165) is 24.1 Å². The highest BCUT2D eigenvalue weighted by Gasteiger charge is 2.32. The van der Waals surface area contributed by atoms with Gasteiger partial charge in [0.2, 0.25) is 12.1 Å². The van der Waals surface area contributed by atoms with E-state index in [9.17, 15) is 9.59 Å². The molecule has 4 nitrogen and oxygen atoms in total. The highest BCUT2D eigenvalue weighted by Crippen LogP contribution is 2.23. The largest absolute Gasteiger partial charge is 0.469 e. The van der Waals surface area contributed by atoms with E-state index in [4.69, 9.17) is 4.74 Å². The van der Waals surface area contributed by atoms with E-state index >= 15 is 0 Å². The van der Waals surface area contributed by atoms with Gasteiger partial charge in [-0.15, -0.1) is 0 Å². The average molecular weight is 273 g/mol. The zero-order chi connectivity index (χ0) is 14.4. The average Bonchev–Trinajstić information content (AvgIpc) is 2.88. The van der Waals surface area contributed by atoms with Crippen molar-refractivity contribution in [2.24, 2.45) is 0 Å². The van der Waals surface area contributed by atoms with Gasteiger partial charge in [0.25, 0.3) is 0 Å². The summed E-state index contributed by atoms with van der Waals surface area (Å²) in [6.07, 6.45) is 4.18. The molecule has 1 aromatic rings. The number of carbonyl (C=O) groups excluding carboxylic acids is 2. The van der Waals surface area contributed by atoms with Gasteiger partial charge in [-0.05, 0) is 12.0 Å². The Morgan fingerprint density at radius 1 is 1.35 bits per heavy atom. The van der Waals surface area contributed by atoms with Gasteiger partial charge in [-0.2, -0.15) is 0 Å². The minimum Gasteiger partial charge on any atom is -0.469 e. The Morgan fingerprint density at radius 3 is 2.75 bits per heavy atom. The smallest absolute Gasteiger partial charge is 0.234 e. The fraction of sp³-hybridized carbons (Fsp3) is 0.375. The first-order chi connectivity index (χ1) is 9.76. The van der Waals surface area contributed by atoms with Crippen molar-refractivity contribution < 1.29 is 14.3 Å². The van der Waals surface area contributed by atoms with Crippen LogP contribution in [-0.2, 0) is 20.7 Å². The minimum atomic E-state index is -0.807. The van der Waals surface area contributed by atoms with Crippen molar-refractivity contribution in [3.8, 4) is 0 Å². The Balaban J connectivity index is 2.10. The zero-order valence-corrected chi connectivity index (χ0v) is 11.6. The van der Waals surface area contributed by atoms with Crippen LogP contribution in [-0.4, -0.2) is 23.3 Å². The molecule has 0 N–H and O–H groups in total. The van der Waals surface area contributed by atoms with E-state index in [1.807, 2.05) is 37.3 Å². The van der Waals surface area contributed by atoms with Crippen LogP contribution in [0.1, 0.15) is 31.7 Å². The predicted octanol–water partition coefficient (Wildman–Crippen LogP) is 2.64. The fourth-order valence-corrected chi connectivity index (χ4v) is 2.20. The lowest BCUT2D eigenvalue weighted by Crippen LogP contribution is -2.38. The number of rotatable bonds is 6. The van der Waals surface area contributed by atoms with Crippen LogP contribution in [0.15, 0.2) is 42.3 Å². The molecule has 2 rings (SSSR count). The second-order valence-electron chi connectivity index (χ2n) is 4.80. The molecule has 0 unspecified atom stereocenters. The zero-order valence-electron chi connectivity index (χ0n) is 11.6. The maximum Gasteiger partial charge on any atom is 0.234 e. The van der Waals surface area contributed by atoms with E-state index in [-0.39, 0.29) is 5.91 Å². The number of nitrogens with zero attached hydrogens (tertiary/aromatic N) is 1. The van der Waals surface area contributed by atoms with E-state index < -0.39 is 6.23 Å². The molecule has 0 saturated carbocycles. The van der Waals surface area contributed by atoms with E-state index in [1.54, 1.807) is 0 Å². The number of aldehydes is 1. The van der Waals surface area contributed by atoms with Gasteiger partial charge in [0, 0.05) is 12.8 Å². The van der Waals surface area contributed by atoms with Crippen LogP contribution in [0.4, 0.5) is 0 Å². The molecule has 0 fully saturated rings. The van der Waals surface area contributed by atoms with Crippen LogP contribution < -0.4 is 0 Å². The number of carbonyl (C=O) groups is 2. The number of allylic oxidation sites excluding steroid dienone is 1. The van der Waals surface area contributed by atoms with Crippen LogP contribution in [0.25, 0.3) is 0 Å². The Morgan fingerprint density at radius 2 is 2.10 bits per heavy atom. The fourth-order valence-electron chi connectivity index (χ4n) is 2.20. The quantitative estimate of drug-likeness (QED) is 0.749. The summed E-state index contributed by atoms with van der Waals surface area (Å²) in [4.78, 5) is 24.7. The SMILES string of the molecule is CCCCC(=O)N1C(Cc2ccccc2)=CO[C@H]1C=O. The summed E-state index contributed by atoms with van der Waals surface area (Å²) in [7, 11) is 0. The summed E-state index contributed by atoms with van der Waals surface area (Å²) in [5.41, 5.74) is 1.83. The summed E-state index contributed by atoms with van der Waals surface area (Å²) in [5, 5.41) is 0. The lowest BCUT2D eigenvalue weighted by atomic mass is 10.1. The third-order valence-corrected chi connectivity index (χ3v) is 3.26. The molecular formula is C16H19NO3. The summed E-state index contributed by atoms with van der Waals surface area (Å²) in [6.45, 7) is 2.03. The third-order valence-electron chi connectivity index (χ3n) is 3.26. The molecule has 20 heavy (non-hydrogen) atoms. The normalized spacial score (nSPS) is 17.6. The lowest BCUT2D eigenvalue weighted by molar-refractivity contribution is -0.140. The lowest BCUT2D eigenvalue weighted by Gasteiger charge is -2.22. The molecule has 1 heterocycles. The van der Waals surface area contributed by atoms with E-state index in [1.165, 1.54) is 11.2 Å². The van der Waals surface area contributed by atoms with Gasteiger partial charge in [-0.25, -0.2) is 0 Å². The van der Waals surface area contributed by atoms with E-state index in [2.05, 4.69) is 0 Å². The first kappa shape index (κ1) is 14.3. The Hall–Kier alpha value is -2.10. The molecule has 0 aromatic heterocycles. The molecule has 0 spiro atoms. The number of benzene rings is 1. The van der Waals surface area contributed by atoms with Gasteiger partial charge in [0.1, 0.15) is 6.26 Å². The van der Waals surface area contributed by atoms with Crippen molar-refractivity contribution in [3.63, 3.8) is 0 Å². The van der Waals surface area contributed by atoms with Crippen LogP contribution in [0, 0.1) is 0 Å². The molecule has 4 heteroatoms. The second-order valence-corrected chi connectivity index (χ2v) is 4.80. The number of unbranched alkanes of at least 4 members (excludes halogenated alkanes) is 1. The first-order valence-electron chi connectivity index (χ1n) is 6.92. The summed E-state index contributed by atoms with van der Waals surface area (Å²) < 4.78 is 5.28. The number of ether oxygens (including phenoxy) is 1. The second kappa shape index (κ2) is 6.89.